The molecule has 2 aromatic rings. The van der Waals surface area contributed by atoms with Crippen LogP contribution in [0.25, 0.3) is 11.5 Å². The number of rotatable bonds is 2. The second kappa shape index (κ2) is 4.71. The lowest BCUT2D eigenvalue weighted by Crippen LogP contribution is -1.99. The zero-order valence-electron chi connectivity index (χ0n) is 10.0. The van der Waals surface area contributed by atoms with Crippen LogP contribution in [0.5, 0.6) is 0 Å². The second-order valence-electron chi connectivity index (χ2n) is 4.48. The molecular formula is C13H13ClN2O2. The molecule has 18 heavy (non-hydrogen) atoms. The van der Waals surface area contributed by atoms with Gasteiger partial charge >= 0.3 is 0 Å². The highest BCUT2D eigenvalue weighted by molar-refractivity contribution is 6.30. The molecule has 0 amide bonds. The Hall–Kier alpha value is -1.39. The van der Waals surface area contributed by atoms with E-state index >= 15 is 0 Å². The Balaban J connectivity index is 1.92. The van der Waals surface area contributed by atoms with Crippen molar-refractivity contribution in [3.63, 3.8) is 0 Å². The normalized spacial score (nSPS) is 19.3. The Morgan fingerprint density at radius 2 is 2.28 bits per heavy atom. The van der Waals surface area contributed by atoms with Crippen LogP contribution < -0.4 is 0 Å². The van der Waals surface area contributed by atoms with Gasteiger partial charge < -0.3 is 9.26 Å². The molecule has 0 spiro atoms. The lowest BCUT2D eigenvalue weighted by atomic mass is 10.1. The Morgan fingerprint density at radius 3 is 3.00 bits per heavy atom. The van der Waals surface area contributed by atoms with Crippen molar-refractivity contribution in [2.45, 2.75) is 19.3 Å². The van der Waals surface area contributed by atoms with Gasteiger partial charge in [0.2, 0.25) is 0 Å². The van der Waals surface area contributed by atoms with Crippen molar-refractivity contribution in [1.82, 2.24) is 10.1 Å². The summed E-state index contributed by atoms with van der Waals surface area (Å²) in [5.41, 5.74) is 1.96. The SMILES string of the molecule is Cc1cc(Cl)ccc1-c1nc(C2CCOC2)no1. The quantitative estimate of drug-likeness (QED) is 0.836. The number of hydrogen-bond acceptors (Lipinski definition) is 4. The number of aryl methyl sites for hydroxylation is 1. The molecule has 0 bridgehead atoms. The van der Waals surface area contributed by atoms with Gasteiger partial charge in [-0.2, -0.15) is 4.98 Å². The van der Waals surface area contributed by atoms with Crippen LogP contribution in [0.2, 0.25) is 5.02 Å². The minimum absolute atomic E-state index is 0.259. The summed E-state index contributed by atoms with van der Waals surface area (Å²) in [6, 6.07) is 5.62. The zero-order valence-corrected chi connectivity index (χ0v) is 10.8. The van der Waals surface area contributed by atoms with Gasteiger partial charge in [-0.05, 0) is 37.1 Å². The van der Waals surface area contributed by atoms with Gasteiger partial charge in [0.05, 0.1) is 6.61 Å². The van der Waals surface area contributed by atoms with Crippen LogP contribution in [0.15, 0.2) is 22.7 Å². The van der Waals surface area contributed by atoms with Crippen molar-refractivity contribution in [2.24, 2.45) is 0 Å². The molecule has 1 atom stereocenters. The standard InChI is InChI=1S/C13H13ClN2O2/c1-8-6-10(14)2-3-11(8)13-15-12(16-18-13)9-4-5-17-7-9/h2-3,6,9H,4-5,7H2,1H3. The van der Waals surface area contributed by atoms with Crippen molar-refractivity contribution in [2.75, 3.05) is 13.2 Å². The molecule has 0 saturated carbocycles. The van der Waals surface area contributed by atoms with Crippen LogP contribution in [-0.2, 0) is 4.74 Å². The molecule has 0 aliphatic carbocycles. The van der Waals surface area contributed by atoms with Gasteiger partial charge in [-0.3, -0.25) is 0 Å². The molecule has 1 aromatic heterocycles. The molecule has 4 nitrogen and oxygen atoms in total. The molecule has 1 saturated heterocycles. The van der Waals surface area contributed by atoms with Gasteiger partial charge in [0.15, 0.2) is 5.82 Å². The number of nitrogens with zero attached hydrogens (tertiary/aromatic N) is 2. The molecule has 94 valence electrons. The van der Waals surface area contributed by atoms with E-state index in [0.29, 0.717) is 17.5 Å². The van der Waals surface area contributed by atoms with Gasteiger partial charge in [0.1, 0.15) is 0 Å². The minimum Gasteiger partial charge on any atom is -0.381 e. The summed E-state index contributed by atoms with van der Waals surface area (Å²) in [6.45, 7) is 3.43. The summed E-state index contributed by atoms with van der Waals surface area (Å²) in [7, 11) is 0. The maximum atomic E-state index is 5.93. The van der Waals surface area contributed by atoms with Gasteiger partial charge in [-0.1, -0.05) is 16.8 Å². The van der Waals surface area contributed by atoms with E-state index in [4.69, 9.17) is 20.9 Å². The highest BCUT2D eigenvalue weighted by atomic mass is 35.5. The van der Waals surface area contributed by atoms with Crippen molar-refractivity contribution < 1.29 is 9.26 Å². The van der Waals surface area contributed by atoms with Crippen LogP contribution in [0, 0.1) is 6.92 Å². The minimum atomic E-state index is 0.259. The molecular weight excluding hydrogens is 252 g/mol. The average molecular weight is 265 g/mol. The van der Waals surface area contributed by atoms with E-state index < -0.39 is 0 Å². The number of ether oxygens (including phenoxy) is 1. The first-order valence-electron chi connectivity index (χ1n) is 5.92. The first kappa shape index (κ1) is 11.7. The van der Waals surface area contributed by atoms with Crippen molar-refractivity contribution in [1.29, 1.82) is 0 Å². The first-order valence-corrected chi connectivity index (χ1v) is 6.30. The van der Waals surface area contributed by atoms with Gasteiger partial charge in [0, 0.05) is 23.1 Å². The molecule has 0 N–H and O–H groups in total. The first-order chi connectivity index (χ1) is 8.74. The van der Waals surface area contributed by atoms with Crippen molar-refractivity contribution in [3.8, 4) is 11.5 Å². The molecule has 1 aliphatic rings. The van der Waals surface area contributed by atoms with Gasteiger partial charge in [0.25, 0.3) is 5.89 Å². The number of hydrogen-bond donors (Lipinski definition) is 0. The highest BCUT2D eigenvalue weighted by Gasteiger charge is 2.23. The van der Waals surface area contributed by atoms with E-state index in [0.717, 1.165) is 30.0 Å². The average Bonchev–Trinajstić information content (AvgIpc) is 2.99. The van der Waals surface area contributed by atoms with Crippen LogP contribution in [0.3, 0.4) is 0 Å². The number of benzene rings is 1. The fourth-order valence-corrected chi connectivity index (χ4v) is 2.34. The third-order valence-corrected chi connectivity index (χ3v) is 3.39. The van der Waals surface area contributed by atoms with Crippen molar-refractivity contribution in [3.05, 3.63) is 34.6 Å². The zero-order chi connectivity index (χ0) is 12.5. The van der Waals surface area contributed by atoms with Crippen LogP contribution in [0.4, 0.5) is 0 Å². The number of aromatic nitrogens is 2. The van der Waals surface area contributed by atoms with Crippen LogP contribution in [0.1, 0.15) is 23.7 Å². The summed E-state index contributed by atoms with van der Waals surface area (Å²) >= 11 is 5.93. The van der Waals surface area contributed by atoms with Gasteiger partial charge in [-0.15, -0.1) is 0 Å². The highest BCUT2D eigenvalue weighted by Crippen LogP contribution is 2.28. The van der Waals surface area contributed by atoms with Crippen molar-refractivity contribution >= 4 is 11.6 Å². The monoisotopic (exact) mass is 264 g/mol. The summed E-state index contributed by atoms with van der Waals surface area (Å²) in [5.74, 6) is 1.54. The molecule has 0 radical (unpaired) electrons. The lowest BCUT2D eigenvalue weighted by molar-refractivity contribution is 0.192. The van der Waals surface area contributed by atoms with Crippen LogP contribution >= 0.6 is 11.6 Å². The van der Waals surface area contributed by atoms with E-state index in [1.54, 1.807) is 0 Å². The van der Waals surface area contributed by atoms with Gasteiger partial charge in [-0.25, -0.2) is 0 Å². The van der Waals surface area contributed by atoms with E-state index in [1.165, 1.54) is 0 Å². The fraction of sp³-hybridized carbons (Fsp3) is 0.385. The molecule has 1 aliphatic heterocycles. The topological polar surface area (TPSA) is 48.2 Å². The Morgan fingerprint density at radius 1 is 1.39 bits per heavy atom. The summed E-state index contributed by atoms with van der Waals surface area (Å²) in [5, 5.41) is 4.75. The van der Waals surface area contributed by atoms with E-state index in [1.807, 2.05) is 25.1 Å². The van der Waals surface area contributed by atoms with Crippen LogP contribution in [-0.4, -0.2) is 23.4 Å². The largest absolute Gasteiger partial charge is 0.381 e. The third-order valence-electron chi connectivity index (χ3n) is 3.16. The molecule has 2 heterocycles. The smallest absolute Gasteiger partial charge is 0.258 e. The third kappa shape index (κ3) is 2.13. The summed E-state index contributed by atoms with van der Waals surface area (Å²) in [4.78, 5) is 4.45. The Kier molecular flexibility index (Phi) is 3.06. The van der Waals surface area contributed by atoms with E-state index in [2.05, 4.69) is 10.1 Å². The Bertz CT molecular complexity index is 562. The number of halogens is 1. The predicted molar refractivity (Wildman–Crippen MR) is 67.7 cm³/mol. The molecule has 1 aromatic carbocycles. The molecule has 5 heteroatoms. The molecule has 3 rings (SSSR count). The second-order valence-corrected chi connectivity index (χ2v) is 4.91. The fourth-order valence-electron chi connectivity index (χ4n) is 2.12. The lowest BCUT2D eigenvalue weighted by Gasteiger charge is -2.00. The molecule has 1 fully saturated rings. The molecule has 1 unspecified atom stereocenters. The van der Waals surface area contributed by atoms with E-state index in [9.17, 15) is 0 Å². The summed E-state index contributed by atoms with van der Waals surface area (Å²) in [6.07, 6.45) is 0.957. The maximum Gasteiger partial charge on any atom is 0.258 e. The van der Waals surface area contributed by atoms with E-state index in [-0.39, 0.29) is 5.92 Å². The predicted octanol–water partition coefficient (Wildman–Crippen LogP) is 3.20. The Labute approximate surface area is 110 Å². The summed E-state index contributed by atoms with van der Waals surface area (Å²) < 4.78 is 10.7. The maximum absolute atomic E-state index is 5.93.